The number of piperidine rings is 1. The number of hydrogen-bond donors (Lipinski definition) is 3. The largest absolute Gasteiger partial charge is 0.360 e. The van der Waals surface area contributed by atoms with E-state index >= 15 is 0 Å². The summed E-state index contributed by atoms with van der Waals surface area (Å²) in [7, 11) is 0. The van der Waals surface area contributed by atoms with Crippen molar-refractivity contribution in [2.75, 3.05) is 39.3 Å². The van der Waals surface area contributed by atoms with Crippen LogP contribution in [0, 0.1) is 11.8 Å². The summed E-state index contributed by atoms with van der Waals surface area (Å²) in [6.45, 7) is 7.00. The molecule has 4 rings (SSSR count). The molecule has 2 saturated heterocycles. The molecule has 1 saturated carbocycles. The second kappa shape index (κ2) is 8.50. The average molecular weight is 361 g/mol. The topological polar surface area (TPSA) is 82.4 Å². The van der Waals surface area contributed by atoms with Crippen molar-refractivity contribution in [3.8, 4) is 0 Å². The van der Waals surface area contributed by atoms with Gasteiger partial charge < -0.3 is 20.5 Å². The zero-order valence-electron chi connectivity index (χ0n) is 15.5. The summed E-state index contributed by atoms with van der Waals surface area (Å²) in [4.78, 5) is 14.6. The number of aromatic nitrogens is 1. The number of nitrogens with one attached hydrogen (secondary N) is 3. The lowest BCUT2D eigenvalue weighted by Crippen LogP contribution is -2.42. The summed E-state index contributed by atoms with van der Waals surface area (Å²) in [6.07, 6.45) is 4.90. The third-order valence-electron chi connectivity index (χ3n) is 5.82. The molecule has 26 heavy (non-hydrogen) atoms. The van der Waals surface area contributed by atoms with E-state index in [9.17, 15) is 4.79 Å². The molecule has 3 heterocycles. The van der Waals surface area contributed by atoms with Crippen LogP contribution in [0.5, 0.6) is 0 Å². The zero-order chi connectivity index (χ0) is 17.8. The van der Waals surface area contributed by atoms with E-state index in [1.54, 1.807) is 0 Å². The Labute approximate surface area is 155 Å². The van der Waals surface area contributed by atoms with Gasteiger partial charge in [0.25, 0.3) is 0 Å². The molecule has 2 aliphatic heterocycles. The fourth-order valence-electron chi connectivity index (χ4n) is 4.12. The van der Waals surface area contributed by atoms with Crippen molar-refractivity contribution in [3.63, 3.8) is 0 Å². The van der Waals surface area contributed by atoms with Crippen LogP contribution in [0.3, 0.4) is 0 Å². The number of carbonyl (C=O) groups excluding carboxylic acids is 1. The van der Waals surface area contributed by atoms with Gasteiger partial charge in [0.1, 0.15) is 0 Å². The first-order valence-electron chi connectivity index (χ1n) is 10.1. The normalized spacial score (nSPS) is 27.4. The first-order chi connectivity index (χ1) is 12.8. The molecule has 3 fully saturated rings. The van der Waals surface area contributed by atoms with Crippen molar-refractivity contribution in [2.45, 2.75) is 44.7 Å². The Kier molecular flexibility index (Phi) is 5.87. The number of hydrogen-bond acceptors (Lipinski definition) is 6. The minimum absolute atomic E-state index is 0.226. The standard InChI is InChI=1S/C19H31N5O2/c25-19(22-16-1-2-16)10-14-3-4-21-12-15(14)9-17-11-18(26-23-17)13-24-7-5-20-6-8-24/h11,14-16,20-21H,1-10,12-13H2,(H,22,25)/t14-,15+/m0/s1. The quantitative estimate of drug-likeness (QED) is 0.657. The molecule has 2 atom stereocenters. The highest BCUT2D eigenvalue weighted by atomic mass is 16.5. The lowest BCUT2D eigenvalue weighted by atomic mass is 9.81. The van der Waals surface area contributed by atoms with Crippen molar-refractivity contribution in [1.82, 2.24) is 26.0 Å². The van der Waals surface area contributed by atoms with Crippen molar-refractivity contribution < 1.29 is 9.32 Å². The molecule has 1 amide bonds. The molecular weight excluding hydrogens is 330 g/mol. The summed E-state index contributed by atoms with van der Waals surface area (Å²) in [5.41, 5.74) is 1.02. The van der Waals surface area contributed by atoms with Gasteiger partial charge in [-0.25, -0.2) is 0 Å². The maximum Gasteiger partial charge on any atom is 0.220 e. The van der Waals surface area contributed by atoms with Gasteiger partial charge in [-0.2, -0.15) is 0 Å². The van der Waals surface area contributed by atoms with Crippen LogP contribution in [0.2, 0.25) is 0 Å². The third kappa shape index (κ3) is 5.05. The van der Waals surface area contributed by atoms with Gasteiger partial charge in [-0.3, -0.25) is 9.69 Å². The number of amides is 1. The number of nitrogens with zero attached hydrogens (tertiary/aromatic N) is 2. The van der Waals surface area contributed by atoms with Crippen molar-refractivity contribution in [3.05, 3.63) is 17.5 Å². The highest BCUT2D eigenvalue weighted by Gasteiger charge is 2.30. The summed E-state index contributed by atoms with van der Waals surface area (Å²) in [5, 5.41) is 14.3. The Morgan fingerprint density at radius 3 is 2.85 bits per heavy atom. The van der Waals surface area contributed by atoms with Crippen LogP contribution in [-0.4, -0.2) is 61.3 Å². The highest BCUT2D eigenvalue weighted by molar-refractivity contribution is 5.76. The van der Waals surface area contributed by atoms with Gasteiger partial charge >= 0.3 is 0 Å². The zero-order valence-corrected chi connectivity index (χ0v) is 15.5. The third-order valence-corrected chi connectivity index (χ3v) is 5.82. The molecule has 7 heteroatoms. The first kappa shape index (κ1) is 17.9. The predicted molar refractivity (Wildman–Crippen MR) is 98.6 cm³/mol. The molecule has 7 nitrogen and oxygen atoms in total. The van der Waals surface area contributed by atoms with E-state index in [1.807, 2.05) is 0 Å². The molecule has 0 radical (unpaired) electrons. The molecule has 3 N–H and O–H groups in total. The van der Waals surface area contributed by atoms with E-state index in [2.05, 4.69) is 32.1 Å². The van der Waals surface area contributed by atoms with Crippen molar-refractivity contribution >= 4 is 5.91 Å². The van der Waals surface area contributed by atoms with Crippen molar-refractivity contribution in [1.29, 1.82) is 0 Å². The fraction of sp³-hybridized carbons (Fsp3) is 0.789. The SMILES string of the molecule is O=C(C[C@@H]1CCNC[C@H]1Cc1cc(CN2CCNCC2)on1)NC1CC1. The van der Waals surface area contributed by atoms with E-state index in [0.717, 1.165) is 83.0 Å². The Balaban J connectivity index is 1.30. The van der Waals surface area contributed by atoms with E-state index in [4.69, 9.17) is 4.52 Å². The van der Waals surface area contributed by atoms with Gasteiger partial charge in [0, 0.05) is 44.7 Å². The second-order valence-corrected chi connectivity index (χ2v) is 8.07. The van der Waals surface area contributed by atoms with Crippen LogP contribution in [0.15, 0.2) is 10.6 Å². The Bertz CT molecular complexity index is 595. The van der Waals surface area contributed by atoms with Crippen LogP contribution in [-0.2, 0) is 17.8 Å². The van der Waals surface area contributed by atoms with Gasteiger partial charge in [0.2, 0.25) is 5.91 Å². The maximum atomic E-state index is 12.2. The minimum Gasteiger partial charge on any atom is -0.360 e. The molecule has 144 valence electrons. The average Bonchev–Trinajstić information content (AvgIpc) is 3.35. The molecule has 0 spiro atoms. The lowest BCUT2D eigenvalue weighted by molar-refractivity contribution is -0.122. The summed E-state index contributed by atoms with van der Waals surface area (Å²) >= 11 is 0. The van der Waals surface area contributed by atoms with Crippen LogP contribution < -0.4 is 16.0 Å². The summed E-state index contributed by atoms with van der Waals surface area (Å²) in [5.74, 6) is 2.06. The summed E-state index contributed by atoms with van der Waals surface area (Å²) < 4.78 is 5.57. The van der Waals surface area contributed by atoms with Crippen LogP contribution >= 0.6 is 0 Å². The number of rotatable bonds is 7. The van der Waals surface area contributed by atoms with Gasteiger partial charge in [-0.15, -0.1) is 0 Å². The number of piperazine rings is 1. The highest BCUT2D eigenvalue weighted by Crippen LogP contribution is 2.27. The first-order valence-corrected chi connectivity index (χ1v) is 10.1. The van der Waals surface area contributed by atoms with Gasteiger partial charge in [0.15, 0.2) is 5.76 Å². The lowest BCUT2D eigenvalue weighted by Gasteiger charge is -2.31. The van der Waals surface area contributed by atoms with Crippen LogP contribution in [0.1, 0.15) is 37.1 Å². The monoisotopic (exact) mass is 361 g/mol. The number of carbonyl (C=O) groups is 1. The molecule has 1 aromatic heterocycles. The minimum atomic E-state index is 0.226. The predicted octanol–water partition coefficient (Wildman–Crippen LogP) is 0.517. The Morgan fingerprint density at radius 2 is 2.04 bits per heavy atom. The molecule has 1 aliphatic carbocycles. The van der Waals surface area contributed by atoms with Crippen LogP contribution in [0.25, 0.3) is 0 Å². The molecule has 0 unspecified atom stereocenters. The smallest absolute Gasteiger partial charge is 0.220 e. The van der Waals surface area contributed by atoms with E-state index in [0.29, 0.717) is 24.3 Å². The van der Waals surface area contributed by atoms with Gasteiger partial charge in [-0.05, 0) is 50.6 Å². The molecule has 1 aromatic rings. The fourth-order valence-corrected chi connectivity index (χ4v) is 4.12. The van der Waals surface area contributed by atoms with Crippen LogP contribution in [0.4, 0.5) is 0 Å². The molecule has 0 aromatic carbocycles. The second-order valence-electron chi connectivity index (χ2n) is 8.07. The molecule has 0 bridgehead atoms. The van der Waals surface area contributed by atoms with E-state index in [1.165, 1.54) is 0 Å². The Morgan fingerprint density at radius 1 is 1.19 bits per heavy atom. The summed E-state index contributed by atoms with van der Waals surface area (Å²) in [6, 6.07) is 2.56. The maximum absolute atomic E-state index is 12.2. The van der Waals surface area contributed by atoms with Gasteiger partial charge in [0.05, 0.1) is 12.2 Å². The van der Waals surface area contributed by atoms with Crippen molar-refractivity contribution in [2.24, 2.45) is 11.8 Å². The molecular formula is C19H31N5O2. The van der Waals surface area contributed by atoms with E-state index in [-0.39, 0.29) is 5.91 Å². The van der Waals surface area contributed by atoms with E-state index < -0.39 is 0 Å². The van der Waals surface area contributed by atoms with Gasteiger partial charge in [-0.1, -0.05) is 5.16 Å². The molecule has 3 aliphatic rings. The Hall–Kier alpha value is -1.44.